The molecule has 0 aromatic heterocycles. The zero-order valence-electron chi connectivity index (χ0n) is 12.9. The first kappa shape index (κ1) is 18.6. The molecule has 22 heavy (non-hydrogen) atoms. The summed E-state index contributed by atoms with van der Waals surface area (Å²) in [7, 11) is 0. The van der Waals surface area contributed by atoms with E-state index in [-0.39, 0.29) is 11.6 Å². The molecule has 0 bridgehead atoms. The Labute approximate surface area is 138 Å². The molecule has 1 rings (SSSR count). The largest absolute Gasteiger partial charge is 0.352 e. The molecule has 0 saturated heterocycles. The van der Waals surface area contributed by atoms with E-state index in [1.54, 1.807) is 6.07 Å². The van der Waals surface area contributed by atoms with Crippen molar-refractivity contribution in [2.45, 2.75) is 26.7 Å². The van der Waals surface area contributed by atoms with Crippen molar-refractivity contribution < 1.29 is 9.72 Å². The maximum Gasteiger partial charge on any atom is 0.284 e. The second-order valence-corrected chi connectivity index (χ2v) is 6.09. The summed E-state index contributed by atoms with van der Waals surface area (Å²) < 4.78 is 0.367. The van der Waals surface area contributed by atoms with E-state index in [0.717, 1.165) is 25.9 Å². The number of nitro benzene ring substituents is 1. The van der Waals surface area contributed by atoms with Crippen molar-refractivity contribution in [1.29, 1.82) is 0 Å². The van der Waals surface area contributed by atoms with Gasteiger partial charge in [-0.3, -0.25) is 14.9 Å². The number of rotatable bonds is 9. The molecule has 0 aliphatic heterocycles. The van der Waals surface area contributed by atoms with Crippen LogP contribution in [0.1, 0.15) is 37.0 Å². The Kier molecular flexibility index (Phi) is 8.05. The van der Waals surface area contributed by atoms with Crippen LogP contribution in [-0.4, -0.2) is 30.5 Å². The third-order valence-corrected chi connectivity index (χ3v) is 3.99. The maximum atomic E-state index is 12.1. The lowest BCUT2D eigenvalue weighted by Crippen LogP contribution is -2.28. The van der Waals surface area contributed by atoms with E-state index < -0.39 is 4.92 Å². The monoisotopic (exact) mass is 371 g/mol. The van der Waals surface area contributed by atoms with Crippen LogP contribution in [0.25, 0.3) is 0 Å². The highest BCUT2D eigenvalue weighted by Crippen LogP contribution is 2.25. The van der Waals surface area contributed by atoms with Crippen molar-refractivity contribution in [3.8, 4) is 0 Å². The highest BCUT2D eigenvalue weighted by atomic mass is 79.9. The van der Waals surface area contributed by atoms with Gasteiger partial charge in [0.15, 0.2) is 0 Å². The third-order valence-electron chi connectivity index (χ3n) is 3.32. The van der Waals surface area contributed by atoms with Gasteiger partial charge in [0, 0.05) is 18.2 Å². The lowest BCUT2D eigenvalue weighted by Gasteiger charge is -2.13. The van der Waals surface area contributed by atoms with Crippen LogP contribution in [0.4, 0.5) is 5.69 Å². The van der Waals surface area contributed by atoms with Gasteiger partial charge in [-0.2, -0.15) is 0 Å². The van der Waals surface area contributed by atoms with Gasteiger partial charge in [0.2, 0.25) is 0 Å². The van der Waals surface area contributed by atoms with Gasteiger partial charge in [-0.1, -0.05) is 13.8 Å². The number of hydrogen-bond acceptors (Lipinski definition) is 4. The number of nitro groups is 1. The molecule has 2 N–H and O–H groups in total. The number of amides is 1. The Balaban J connectivity index is 2.48. The Morgan fingerprint density at radius 2 is 2.18 bits per heavy atom. The zero-order valence-corrected chi connectivity index (χ0v) is 14.5. The van der Waals surface area contributed by atoms with Gasteiger partial charge in [0.05, 0.1) is 9.40 Å². The standard InChI is InChI=1S/C15H22BrN3O3/c1-3-17-8-4-5-11(2)10-18-15(20)12-6-7-13(16)14(9-12)19(21)22/h6-7,9,11,17H,3-5,8,10H2,1-2H3,(H,18,20). The Morgan fingerprint density at radius 1 is 1.45 bits per heavy atom. The van der Waals surface area contributed by atoms with E-state index in [2.05, 4.69) is 40.4 Å². The van der Waals surface area contributed by atoms with Gasteiger partial charge in [0.25, 0.3) is 11.6 Å². The maximum absolute atomic E-state index is 12.1. The molecule has 1 unspecified atom stereocenters. The van der Waals surface area contributed by atoms with E-state index in [0.29, 0.717) is 22.5 Å². The van der Waals surface area contributed by atoms with E-state index >= 15 is 0 Å². The van der Waals surface area contributed by atoms with Gasteiger partial charge in [-0.25, -0.2) is 0 Å². The smallest absolute Gasteiger partial charge is 0.284 e. The number of carbonyl (C=O) groups excluding carboxylic acids is 1. The van der Waals surface area contributed by atoms with Crippen molar-refractivity contribution in [3.63, 3.8) is 0 Å². The van der Waals surface area contributed by atoms with Gasteiger partial charge in [-0.05, 0) is 59.9 Å². The number of nitrogens with one attached hydrogen (secondary N) is 2. The Hall–Kier alpha value is -1.47. The van der Waals surface area contributed by atoms with Crippen molar-refractivity contribution >= 4 is 27.5 Å². The number of nitrogens with zero attached hydrogens (tertiary/aromatic N) is 1. The summed E-state index contributed by atoms with van der Waals surface area (Å²) in [5, 5.41) is 17.0. The Bertz CT molecular complexity index is 523. The normalized spacial score (nSPS) is 12.0. The van der Waals surface area contributed by atoms with Crippen LogP contribution < -0.4 is 10.6 Å². The molecule has 0 saturated carbocycles. The summed E-state index contributed by atoms with van der Waals surface area (Å²) in [6.07, 6.45) is 2.09. The van der Waals surface area contributed by atoms with Crippen molar-refractivity contribution in [3.05, 3.63) is 38.3 Å². The minimum Gasteiger partial charge on any atom is -0.352 e. The number of benzene rings is 1. The molecule has 0 spiro atoms. The summed E-state index contributed by atoms with van der Waals surface area (Å²) in [4.78, 5) is 22.4. The van der Waals surface area contributed by atoms with Gasteiger partial charge >= 0.3 is 0 Å². The molecule has 0 heterocycles. The summed E-state index contributed by atoms with van der Waals surface area (Å²) in [6.45, 7) is 6.66. The van der Waals surface area contributed by atoms with E-state index in [1.807, 2.05) is 0 Å². The van der Waals surface area contributed by atoms with Crippen molar-refractivity contribution in [1.82, 2.24) is 10.6 Å². The molecule has 1 atom stereocenters. The predicted molar refractivity (Wildman–Crippen MR) is 90.1 cm³/mol. The molecule has 7 heteroatoms. The molecule has 6 nitrogen and oxygen atoms in total. The van der Waals surface area contributed by atoms with Crippen molar-refractivity contribution in [2.24, 2.45) is 5.92 Å². The van der Waals surface area contributed by atoms with Gasteiger partial charge in [0.1, 0.15) is 0 Å². The molecule has 0 fully saturated rings. The van der Waals surface area contributed by atoms with Crippen LogP contribution >= 0.6 is 15.9 Å². The third kappa shape index (κ3) is 6.11. The zero-order chi connectivity index (χ0) is 16.5. The SMILES string of the molecule is CCNCCCC(C)CNC(=O)c1ccc(Br)c([N+](=O)[O-])c1. The first-order chi connectivity index (χ1) is 10.5. The fraction of sp³-hybridized carbons (Fsp3) is 0.533. The molecule has 1 aromatic carbocycles. The van der Waals surface area contributed by atoms with E-state index in [1.165, 1.54) is 12.1 Å². The molecular formula is C15H22BrN3O3. The summed E-state index contributed by atoms with van der Waals surface area (Å²) in [6, 6.07) is 4.38. The lowest BCUT2D eigenvalue weighted by atomic mass is 10.1. The predicted octanol–water partition coefficient (Wildman–Crippen LogP) is 3.11. The molecule has 0 radical (unpaired) electrons. The highest BCUT2D eigenvalue weighted by Gasteiger charge is 2.16. The second kappa shape index (κ2) is 9.53. The highest BCUT2D eigenvalue weighted by molar-refractivity contribution is 9.10. The average Bonchev–Trinajstić information content (AvgIpc) is 2.49. The van der Waals surface area contributed by atoms with Crippen LogP contribution in [0.2, 0.25) is 0 Å². The molecule has 1 aromatic rings. The van der Waals surface area contributed by atoms with E-state index in [9.17, 15) is 14.9 Å². The van der Waals surface area contributed by atoms with Gasteiger partial charge in [-0.15, -0.1) is 0 Å². The minimum atomic E-state index is -0.510. The van der Waals surface area contributed by atoms with Gasteiger partial charge < -0.3 is 10.6 Å². The first-order valence-electron chi connectivity index (χ1n) is 7.38. The first-order valence-corrected chi connectivity index (χ1v) is 8.17. The minimum absolute atomic E-state index is 0.105. The lowest BCUT2D eigenvalue weighted by molar-refractivity contribution is -0.385. The summed E-state index contributed by atoms with van der Waals surface area (Å²) >= 11 is 3.10. The van der Waals surface area contributed by atoms with Crippen LogP contribution in [0.15, 0.2) is 22.7 Å². The number of halogens is 1. The fourth-order valence-corrected chi connectivity index (χ4v) is 2.41. The summed E-state index contributed by atoms with van der Waals surface area (Å²) in [5.74, 6) is 0.0853. The molecule has 0 aliphatic carbocycles. The fourth-order valence-electron chi connectivity index (χ4n) is 2.02. The quantitative estimate of drug-likeness (QED) is 0.396. The molecular weight excluding hydrogens is 350 g/mol. The molecule has 0 aliphatic rings. The van der Waals surface area contributed by atoms with Crippen LogP contribution in [0.5, 0.6) is 0 Å². The number of carbonyl (C=O) groups is 1. The number of hydrogen-bond donors (Lipinski definition) is 2. The summed E-state index contributed by atoms with van der Waals surface area (Å²) in [5.41, 5.74) is 0.195. The molecule has 122 valence electrons. The van der Waals surface area contributed by atoms with Crippen LogP contribution in [-0.2, 0) is 0 Å². The average molecular weight is 372 g/mol. The Morgan fingerprint density at radius 3 is 2.82 bits per heavy atom. The van der Waals surface area contributed by atoms with E-state index in [4.69, 9.17) is 0 Å². The van der Waals surface area contributed by atoms with Crippen LogP contribution in [0, 0.1) is 16.0 Å². The van der Waals surface area contributed by atoms with Crippen molar-refractivity contribution in [2.75, 3.05) is 19.6 Å². The second-order valence-electron chi connectivity index (χ2n) is 5.23. The molecule has 1 amide bonds. The van der Waals surface area contributed by atoms with Crippen LogP contribution in [0.3, 0.4) is 0 Å². The topological polar surface area (TPSA) is 84.3 Å².